The fourth-order valence-electron chi connectivity index (χ4n) is 3.57. The fraction of sp³-hybridized carbons (Fsp3) is 0.286. The molecule has 0 radical (unpaired) electrons. The number of aryl methyl sites for hydroxylation is 1. The van der Waals surface area contributed by atoms with E-state index in [0.717, 1.165) is 34.9 Å². The molecule has 28 heavy (non-hydrogen) atoms. The molecule has 0 fully saturated rings. The van der Waals surface area contributed by atoms with Crippen LogP contribution in [0.4, 0.5) is 0 Å². The lowest BCUT2D eigenvalue weighted by atomic mass is 10.0. The molecule has 0 amide bonds. The average molecular weight is 439 g/mol. The van der Waals surface area contributed by atoms with Gasteiger partial charge in [0.05, 0.1) is 10.6 Å². The van der Waals surface area contributed by atoms with Gasteiger partial charge in [-0.1, -0.05) is 54.2 Å². The first-order chi connectivity index (χ1) is 13.5. The highest BCUT2D eigenvalue weighted by molar-refractivity contribution is 6.35. The Morgan fingerprint density at radius 1 is 1.07 bits per heavy atom. The summed E-state index contributed by atoms with van der Waals surface area (Å²) in [5, 5.41) is 2.58. The molecule has 0 spiro atoms. The third kappa shape index (κ3) is 3.74. The van der Waals surface area contributed by atoms with Crippen molar-refractivity contribution >= 4 is 45.8 Å². The second kappa shape index (κ2) is 7.96. The molecule has 0 bridgehead atoms. The molecule has 3 aromatic rings. The standard InChI is InChI=1S/C21H18Cl3NO3/c1-2-3-12-6-19(26)28-20-15(12)8-18(24)21-16(20)10-25(11-27-21)9-13-4-5-14(22)7-17(13)23/h4-8H,2-3,9-11H2,1H3. The minimum Gasteiger partial charge on any atom is -0.476 e. The third-order valence-corrected chi connectivity index (χ3v) is 5.69. The highest BCUT2D eigenvalue weighted by Crippen LogP contribution is 2.40. The Morgan fingerprint density at radius 2 is 1.89 bits per heavy atom. The maximum Gasteiger partial charge on any atom is 0.336 e. The zero-order valence-electron chi connectivity index (χ0n) is 15.2. The van der Waals surface area contributed by atoms with E-state index < -0.39 is 0 Å². The number of fused-ring (bicyclic) bond motifs is 3. The minimum absolute atomic E-state index is 0.357. The van der Waals surface area contributed by atoms with E-state index in [2.05, 4.69) is 11.8 Å². The summed E-state index contributed by atoms with van der Waals surface area (Å²) in [4.78, 5) is 14.2. The second-order valence-electron chi connectivity index (χ2n) is 6.88. The van der Waals surface area contributed by atoms with Gasteiger partial charge in [0.1, 0.15) is 18.1 Å². The molecule has 0 saturated heterocycles. The van der Waals surface area contributed by atoms with Crippen molar-refractivity contribution in [2.45, 2.75) is 32.9 Å². The van der Waals surface area contributed by atoms with Crippen LogP contribution in [0.1, 0.15) is 30.0 Å². The molecule has 2 aromatic carbocycles. The normalized spacial score (nSPS) is 14.1. The summed E-state index contributed by atoms with van der Waals surface area (Å²) >= 11 is 18.8. The Balaban J connectivity index is 1.75. The van der Waals surface area contributed by atoms with Gasteiger partial charge in [-0.25, -0.2) is 4.79 Å². The highest BCUT2D eigenvalue weighted by Gasteiger charge is 2.25. The Hall–Kier alpha value is -1.72. The van der Waals surface area contributed by atoms with Crippen LogP contribution in [0.2, 0.25) is 15.1 Å². The summed E-state index contributed by atoms with van der Waals surface area (Å²) < 4.78 is 11.5. The summed E-state index contributed by atoms with van der Waals surface area (Å²) in [6.45, 7) is 3.53. The van der Waals surface area contributed by atoms with Crippen molar-refractivity contribution in [3.63, 3.8) is 0 Å². The zero-order chi connectivity index (χ0) is 19.8. The van der Waals surface area contributed by atoms with Gasteiger partial charge in [0.2, 0.25) is 0 Å². The Morgan fingerprint density at radius 3 is 2.64 bits per heavy atom. The van der Waals surface area contributed by atoms with Crippen molar-refractivity contribution in [1.29, 1.82) is 0 Å². The van der Waals surface area contributed by atoms with Crippen LogP contribution in [-0.4, -0.2) is 11.6 Å². The lowest BCUT2D eigenvalue weighted by Crippen LogP contribution is -2.32. The molecule has 0 atom stereocenters. The lowest BCUT2D eigenvalue weighted by Gasteiger charge is -2.30. The largest absolute Gasteiger partial charge is 0.476 e. The van der Waals surface area contributed by atoms with Gasteiger partial charge in [0.15, 0.2) is 0 Å². The molecule has 0 unspecified atom stereocenters. The van der Waals surface area contributed by atoms with Crippen LogP contribution in [0.3, 0.4) is 0 Å². The van der Waals surface area contributed by atoms with Gasteiger partial charge in [-0.15, -0.1) is 0 Å². The Bertz CT molecular complexity index is 1110. The van der Waals surface area contributed by atoms with Crippen molar-refractivity contribution in [2.75, 3.05) is 6.73 Å². The van der Waals surface area contributed by atoms with Gasteiger partial charge in [-0.2, -0.15) is 0 Å². The molecule has 4 nitrogen and oxygen atoms in total. The van der Waals surface area contributed by atoms with Crippen LogP contribution >= 0.6 is 34.8 Å². The topological polar surface area (TPSA) is 42.7 Å². The van der Waals surface area contributed by atoms with Gasteiger partial charge in [-0.3, -0.25) is 4.90 Å². The predicted octanol–water partition coefficient (Wildman–Crippen LogP) is 6.06. The molecule has 4 rings (SSSR count). The van der Waals surface area contributed by atoms with E-state index in [-0.39, 0.29) is 5.63 Å². The van der Waals surface area contributed by atoms with E-state index in [1.807, 2.05) is 18.2 Å². The molecule has 1 aromatic heterocycles. The number of rotatable bonds is 4. The number of nitrogens with zero attached hydrogens (tertiary/aromatic N) is 1. The van der Waals surface area contributed by atoms with E-state index in [9.17, 15) is 4.79 Å². The molecule has 7 heteroatoms. The SMILES string of the molecule is CCCc1cc(=O)oc2c3c(c(Cl)cc12)OCN(Cc1ccc(Cl)cc1Cl)C3. The summed E-state index contributed by atoms with van der Waals surface area (Å²) in [6, 6.07) is 8.80. The van der Waals surface area contributed by atoms with Gasteiger partial charge in [0, 0.05) is 34.6 Å². The third-order valence-electron chi connectivity index (χ3n) is 4.82. The smallest absolute Gasteiger partial charge is 0.336 e. The molecule has 1 aliphatic rings. The summed E-state index contributed by atoms with van der Waals surface area (Å²) in [7, 11) is 0. The summed E-state index contributed by atoms with van der Waals surface area (Å²) in [5.41, 5.74) is 2.85. The molecule has 146 valence electrons. The number of hydrogen-bond acceptors (Lipinski definition) is 4. The molecule has 0 N–H and O–H groups in total. The Labute approximate surface area is 177 Å². The monoisotopic (exact) mass is 437 g/mol. The van der Waals surface area contributed by atoms with Crippen LogP contribution in [0.15, 0.2) is 39.5 Å². The minimum atomic E-state index is -0.363. The predicted molar refractivity (Wildman–Crippen MR) is 113 cm³/mol. The van der Waals surface area contributed by atoms with Crippen LogP contribution < -0.4 is 10.4 Å². The first-order valence-corrected chi connectivity index (χ1v) is 10.2. The van der Waals surface area contributed by atoms with Crippen molar-refractivity contribution in [3.05, 3.63) is 72.5 Å². The molecule has 0 aliphatic carbocycles. The number of halogens is 3. The number of ether oxygens (including phenoxy) is 1. The van der Waals surface area contributed by atoms with Crippen LogP contribution in [0.5, 0.6) is 5.75 Å². The fourth-order valence-corrected chi connectivity index (χ4v) is 4.31. The van der Waals surface area contributed by atoms with E-state index in [4.69, 9.17) is 44.0 Å². The van der Waals surface area contributed by atoms with Crippen molar-refractivity contribution in [1.82, 2.24) is 4.90 Å². The second-order valence-corrected chi connectivity index (χ2v) is 8.13. The summed E-state index contributed by atoms with van der Waals surface area (Å²) in [5.74, 6) is 0.574. The van der Waals surface area contributed by atoms with Gasteiger partial charge in [0.25, 0.3) is 0 Å². The van der Waals surface area contributed by atoms with Gasteiger partial charge in [-0.05, 0) is 35.7 Å². The first-order valence-electron chi connectivity index (χ1n) is 9.03. The average Bonchev–Trinajstić information content (AvgIpc) is 2.65. The molecule has 2 heterocycles. The van der Waals surface area contributed by atoms with E-state index >= 15 is 0 Å². The first kappa shape index (κ1) is 19.6. The quantitative estimate of drug-likeness (QED) is 0.464. The van der Waals surface area contributed by atoms with Crippen molar-refractivity contribution in [3.8, 4) is 5.75 Å². The molecule has 1 aliphatic heterocycles. The lowest BCUT2D eigenvalue weighted by molar-refractivity contribution is 0.0891. The number of hydrogen-bond donors (Lipinski definition) is 0. The molecule has 0 saturated carbocycles. The maximum absolute atomic E-state index is 12.1. The maximum atomic E-state index is 12.1. The van der Waals surface area contributed by atoms with Crippen LogP contribution in [0.25, 0.3) is 11.0 Å². The van der Waals surface area contributed by atoms with E-state index in [0.29, 0.717) is 46.2 Å². The van der Waals surface area contributed by atoms with Crippen LogP contribution in [-0.2, 0) is 19.5 Å². The highest BCUT2D eigenvalue weighted by atomic mass is 35.5. The van der Waals surface area contributed by atoms with E-state index in [1.54, 1.807) is 12.1 Å². The molecular weight excluding hydrogens is 421 g/mol. The van der Waals surface area contributed by atoms with Gasteiger partial charge >= 0.3 is 5.63 Å². The van der Waals surface area contributed by atoms with E-state index in [1.165, 1.54) is 0 Å². The summed E-state index contributed by atoms with van der Waals surface area (Å²) in [6.07, 6.45) is 1.70. The number of benzene rings is 2. The van der Waals surface area contributed by atoms with Crippen LogP contribution in [0, 0.1) is 0 Å². The van der Waals surface area contributed by atoms with Gasteiger partial charge < -0.3 is 9.15 Å². The van der Waals surface area contributed by atoms with Crippen molar-refractivity contribution < 1.29 is 9.15 Å². The van der Waals surface area contributed by atoms with Crippen molar-refractivity contribution in [2.24, 2.45) is 0 Å². The Kier molecular flexibility index (Phi) is 5.57. The zero-order valence-corrected chi connectivity index (χ0v) is 17.5. The molecular formula is C21H18Cl3NO3.